The number of rotatable bonds is 15. The van der Waals surface area contributed by atoms with Crippen molar-refractivity contribution in [1.29, 1.82) is 0 Å². The predicted octanol–water partition coefficient (Wildman–Crippen LogP) is 7.67. The van der Waals surface area contributed by atoms with Crippen molar-refractivity contribution in [2.75, 3.05) is 87.6 Å². The van der Waals surface area contributed by atoms with Gasteiger partial charge in [-0.2, -0.15) is 0 Å². The van der Waals surface area contributed by atoms with Gasteiger partial charge in [0.15, 0.2) is 17.4 Å². The number of aliphatic hydroxyl groups is 1. The molecule has 1 aliphatic carbocycles. The topological polar surface area (TPSA) is 212 Å². The number of benzene rings is 2. The van der Waals surface area contributed by atoms with Crippen molar-refractivity contribution in [2.45, 2.75) is 140 Å². The lowest BCUT2D eigenvalue weighted by molar-refractivity contribution is -0.141. The molecule has 5 aliphatic heterocycles. The van der Waals surface area contributed by atoms with Crippen LogP contribution in [0, 0.1) is 36.5 Å². The zero-order valence-corrected chi connectivity index (χ0v) is 48.5. The number of amides is 2. The van der Waals surface area contributed by atoms with Crippen molar-refractivity contribution in [3.63, 3.8) is 0 Å². The molecule has 5 atom stereocenters. The highest BCUT2D eigenvalue weighted by atomic mass is 32.1. The van der Waals surface area contributed by atoms with Gasteiger partial charge in [0.05, 0.1) is 70.1 Å². The van der Waals surface area contributed by atoms with E-state index in [4.69, 9.17) is 19.7 Å². The Morgan fingerprint density at radius 3 is 2.38 bits per heavy atom. The number of carbonyl (C=O) groups is 2. The van der Waals surface area contributed by atoms with Crippen LogP contribution >= 0.6 is 11.3 Å². The van der Waals surface area contributed by atoms with Crippen molar-refractivity contribution in [3.05, 3.63) is 83.2 Å². The van der Waals surface area contributed by atoms with Crippen LogP contribution in [0.5, 0.6) is 5.75 Å². The van der Waals surface area contributed by atoms with E-state index in [-0.39, 0.29) is 54.1 Å². The Bertz CT molecular complexity index is 3020. The molecule has 6 aliphatic rings. The van der Waals surface area contributed by atoms with Crippen LogP contribution in [-0.4, -0.2) is 165 Å². The quantitative estimate of drug-likeness (QED) is 0.0741. The number of carbonyl (C=O) groups excluding carboxylic acids is 2. The molecule has 1 spiro atoms. The highest BCUT2D eigenvalue weighted by molar-refractivity contribution is 7.13. The number of β-amino-alcohol motifs (C(OH)–C–C–N with tert-alkyl or cyclic N) is 1. The summed E-state index contributed by atoms with van der Waals surface area (Å²) in [6, 6.07) is 18.2. The van der Waals surface area contributed by atoms with Gasteiger partial charge in [0.2, 0.25) is 11.8 Å². The molecule has 81 heavy (non-hydrogen) atoms. The summed E-state index contributed by atoms with van der Waals surface area (Å²) in [4.78, 5) is 44.9. The summed E-state index contributed by atoms with van der Waals surface area (Å²) in [5.74, 6) is 8.72. The first-order valence-corrected chi connectivity index (χ1v) is 30.5. The standard InChI is InChI=1S/C62H81N11O7S/c1-39(2)57(61(77)73-36-47(74)32-53(73)60(76)65-41(4)45-12-14-46(15-13-45)58-42(5)64-38-81-58)55-34-56(68-80-55)71-24-16-43(17-25-71)35-69-22-18-48(19-23-69)79-49-30-44(31-49)11-10-40(3)72-28-29-78-62(37-72)20-26-70(27-21-62)52-33-51(66-67-59(52)63)50-8-6-7-9-54(50)75/h6-9,12-15,33-34,38-41,43-44,47-49,53,57,74-75H,16-32,35-37H2,1-5H3,(H2,63,67)(H,65,76)/t40?,41-,44?,47+,49?,53-,57+/m0/s1. The number of aromatic hydroxyl groups is 1. The lowest BCUT2D eigenvalue weighted by Crippen LogP contribution is -2.58. The highest BCUT2D eigenvalue weighted by Gasteiger charge is 2.45. The van der Waals surface area contributed by atoms with Gasteiger partial charge in [0, 0.05) is 89.4 Å². The fraction of sp³-hybridized carbons (Fsp3) is 0.581. The van der Waals surface area contributed by atoms with Crippen LogP contribution < -0.4 is 20.9 Å². The third kappa shape index (κ3) is 12.9. The van der Waals surface area contributed by atoms with E-state index >= 15 is 0 Å². The van der Waals surface area contributed by atoms with Crippen molar-refractivity contribution in [2.24, 2.45) is 17.8 Å². The summed E-state index contributed by atoms with van der Waals surface area (Å²) in [7, 11) is 0. The first-order chi connectivity index (χ1) is 39.2. The van der Waals surface area contributed by atoms with Gasteiger partial charge in [0.1, 0.15) is 17.7 Å². The van der Waals surface area contributed by atoms with Gasteiger partial charge in [0.25, 0.3) is 0 Å². The smallest absolute Gasteiger partial charge is 0.243 e. The number of nitrogen functional groups attached to an aromatic ring is 1. The van der Waals surface area contributed by atoms with Crippen molar-refractivity contribution >= 4 is 40.5 Å². The number of nitrogens with two attached hydrogens (primary N) is 1. The monoisotopic (exact) mass is 1120 g/mol. The van der Waals surface area contributed by atoms with Gasteiger partial charge in [-0.25, -0.2) is 4.98 Å². The molecule has 5 aromatic rings. The second-order valence-corrected chi connectivity index (χ2v) is 25.0. The summed E-state index contributed by atoms with van der Waals surface area (Å²) in [5, 5.41) is 37.3. The maximum absolute atomic E-state index is 14.4. The van der Waals surface area contributed by atoms with Crippen LogP contribution in [0.15, 0.2) is 70.7 Å². The van der Waals surface area contributed by atoms with E-state index in [2.05, 4.69) is 64.0 Å². The maximum Gasteiger partial charge on any atom is 0.243 e. The van der Waals surface area contributed by atoms with E-state index in [9.17, 15) is 19.8 Å². The molecule has 8 heterocycles. The minimum atomic E-state index is -0.799. The molecular formula is C62H81N11O7S. The Morgan fingerprint density at radius 2 is 1.67 bits per heavy atom. The number of aromatic nitrogens is 4. The Labute approximate surface area is 480 Å². The average molecular weight is 1120 g/mol. The minimum Gasteiger partial charge on any atom is -0.507 e. The summed E-state index contributed by atoms with van der Waals surface area (Å²) < 4.78 is 19.1. The fourth-order valence-corrected chi connectivity index (χ4v) is 14.0. The van der Waals surface area contributed by atoms with Crippen molar-refractivity contribution in [1.82, 2.24) is 40.4 Å². The van der Waals surface area contributed by atoms with E-state index in [1.807, 2.05) is 81.7 Å². The molecule has 11 rings (SSSR count). The molecule has 6 fully saturated rings. The number of hydrogen-bond donors (Lipinski definition) is 4. The summed E-state index contributed by atoms with van der Waals surface area (Å²) in [6.07, 6.45) is 7.99. The molecular weight excluding hydrogens is 1040 g/mol. The van der Waals surface area contributed by atoms with Gasteiger partial charge in [-0.1, -0.05) is 67.2 Å². The highest BCUT2D eigenvalue weighted by Crippen LogP contribution is 2.39. The lowest BCUT2D eigenvalue weighted by atomic mass is 9.82. The number of aliphatic hydroxyl groups excluding tert-OH is 1. The molecule has 0 radical (unpaired) electrons. The van der Waals surface area contributed by atoms with Gasteiger partial charge < -0.3 is 54.9 Å². The van der Waals surface area contributed by atoms with Crippen LogP contribution in [-0.2, 0) is 19.1 Å². The Kier molecular flexibility index (Phi) is 17.3. The number of nitrogens with one attached hydrogen (secondary N) is 1. The SMILES string of the molecule is Cc1ncsc1-c1ccc([C@H](C)NC(=O)[C@@H]2C[C@@H](O)CN2C(=O)[C@@H](c2cc(N3CCC(CN4CCC(OC5CC(C#CC(C)N6CCOC7(CCN(c8cc(-c9ccccc9O)nnc8N)CC7)C6)C5)CC4)CC3)no2)C(C)C)cc1. The molecule has 1 saturated carbocycles. The predicted molar refractivity (Wildman–Crippen MR) is 314 cm³/mol. The summed E-state index contributed by atoms with van der Waals surface area (Å²) in [6.45, 7) is 19.2. The van der Waals surface area contributed by atoms with E-state index in [0.29, 0.717) is 53.5 Å². The first-order valence-electron chi connectivity index (χ1n) is 29.6. The first kappa shape index (κ1) is 56.7. The number of phenols is 1. The van der Waals surface area contributed by atoms with Crippen molar-refractivity contribution in [3.8, 4) is 39.3 Å². The number of para-hydroxylation sites is 1. The number of morpholine rings is 1. The molecule has 432 valence electrons. The van der Waals surface area contributed by atoms with E-state index in [1.54, 1.807) is 28.4 Å². The molecule has 19 heteroatoms. The normalized spacial score (nSPS) is 24.2. The number of aryl methyl sites for hydroxylation is 1. The van der Waals surface area contributed by atoms with E-state index in [1.165, 1.54) is 0 Å². The van der Waals surface area contributed by atoms with Gasteiger partial charge in [-0.05, 0) is 113 Å². The number of nitrogens with zero attached hydrogens (tertiary/aromatic N) is 9. The summed E-state index contributed by atoms with van der Waals surface area (Å²) in [5.41, 5.74) is 13.1. The third-order valence-electron chi connectivity index (χ3n) is 18.2. The van der Waals surface area contributed by atoms with Crippen LogP contribution in [0.4, 0.5) is 17.3 Å². The second-order valence-electron chi connectivity index (χ2n) is 24.2. The van der Waals surface area contributed by atoms with Gasteiger partial charge in [-0.15, -0.1) is 21.5 Å². The average Bonchev–Trinajstić information content (AvgIpc) is 4.30. The van der Waals surface area contributed by atoms with E-state index in [0.717, 1.165) is 143 Å². The summed E-state index contributed by atoms with van der Waals surface area (Å²) >= 11 is 1.60. The molecule has 18 nitrogen and oxygen atoms in total. The van der Waals surface area contributed by atoms with Crippen LogP contribution in [0.2, 0.25) is 0 Å². The fourth-order valence-electron chi connectivity index (χ4n) is 13.2. The van der Waals surface area contributed by atoms with Crippen LogP contribution in [0.25, 0.3) is 21.7 Å². The molecule has 0 bridgehead atoms. The Balaban J connectivity index is 0.584. The van der Waals surface area contributed by atoms with Gasteiger partial charge >= 0.3 is 0 Å². The number of likely N-dealkylation sites (tertiary alicyclic amines) is 2. The number of thiazole rings is 1. The van der Waals surface area contributed by atoms with Crippen LogP contribution in [0.1, 0.15) is 114 Å². The molecule has 2 aromatic carbocycles. The second kappa shape index (κ2) is 24.8. The van der Waals surface area contributed by atoms with Gasteiger partial charge in [-0.3, -0.25) is 14.5 Å². The van der Waals surface area contributed by atoms with Crippen LogP contribution in [0.3, 0.4) is 0 Å². The molecule has 1 unspecified atom stereocenters. The Hall–Kier alpha value is -6.14. The Morgan fingerprint density at radius 1 is 0.914 bits per heavy atom. The molecule has 3 aromatic heterocycles. The molecule has 2 amide bonds. The largest absolute Gasteiger partial charge is 0.507 e. The molecule has 5 saturated heterocycles. The minimum absolute atomic E-state index is 0.0880. The number of ether oxygens (including phenoxy) is 2. The number of hydrogen-bond acceptors (Lipinski definition) is 17. The number of piperidine rings is 3. The zero-order valence-electron chi connectivity index (χ0n) is 47.7. The third-order valence-corrected chi connectivity index (χ3v) is 19.2. The lowest BCUT2D eigenvalue weighted by Gasteiger charge is -2.48. The van der Waals surface area contributed by atoms with Crippen molar-refractivity contribution < 1.29 is 33.8 Å². The number of phenolic OH excluding ortho intramolecular Hbond substituents is 1. The number of anilines is 3. The zero-order chi connectivity index (χ0) is 56.4. The maximum atomic E-state index is 14.4. The van der Waals surface area contributed by atoms with E-state index < -0.39 is 18.1 Å². The molecule has 5 N–H and O–H groups in total.